The summed E-state index contributed by atoms with van der Waals surface area (Å²) in [5.41, 5.74) is 1.79. The van der Waals surface area contributed by atoms with Gasteiger partial charge in [0.05, 0.1) is 16.7 Å². The molecule has 0 saturated heterocycles. The summed E-state index contributed by atoms with van der Waals surface area (Å²) in [6, 6.07) is 14.1. The van der Waals surface area contributed by atoms with Gasteiger partial charge in [0.25, 0.3) is 11.8 Å². The first-order chi connectivity index (χ1) is 13.6. The molecule has 144 valence electrons. The van der Waals surface area contributed by atoms with Gasteiger partial charge >= 0.3 is 5.97 Å². The maximum Gasteiger partial charge on any atom is 0.338 e. The Morgan fingerprint density at radius 3 is 2.54 bits per heavy atom. The van der Waals surface area contributed by atoms with Crippen LogP contribution in [0, 0.1) is 0 Å². The number of nitrogens with zero attached hydrogens (tertiary/aromatic N) is 1. The summed E-state index contributed by atoms with van der Waals surface area (Å²) < 4.78 is 10.2. The fraction of sp³-hybridized carbons (Fsp3) is 0.227. The van der Waals surface area contributed by atoms with Gasteiger partial charge in [-0.3, -0.25) is 14.5 Å². The largest absolute Gasteiger partial charge is 0.458 e. The summed E-state index contributed by atoms with van der Waals surface area (Å²) in [6.07, 6.45) is 4.16. The number of carbonyl (C=O) groups is 3. The summed E-state index contributed by atoms with van der Waals surface area (Å²) in [5, 5.41) is 0. The maximum atomic E-state index is 12.5. The van der Waals surface area contributed by atoms with E-state index in [2.05, 4.69) is 0 Å². The van der Waals surface area contributed by atoms with Gasteiger partial charge in [-0.05, 0) is 36.3 Å². The Balaban J connectivity index is 1.62. The van der Waals surface area contributed by atoms with Crippen LogP contribution in [-0.2, 0) is 9.47 Å². The molecular weight excluding hydrogens is 358 g/mol. The molecule has 0 aromatic heterocycles. The average Bonchev–Trinajstić information content (AvgIpc) is 2.96. The summed E-state index contributed by atoms with van der Waals surface area (Å²) in [7, 11) is 1.56. The van der Waals surface area contributed by atoms with Crippen LogP contribution >= 0.6 is 0 Å². The minimum atomic E-state index is -0.543. The minimum Gasteiger partial charge on any atom is -0.458 e. The van der Waals surface area contributed by atoms with Crippen LogP contribution in [0.4, 0.5) is 0 Å². The van der Waals surface area contributed by atoms with Gasteiger partial charge < -0.3 is 9.47 Å². The molecule has 0 atom stereocenters. The Kier molecular flexibility index (Phi) is 6.34. The number of hydrogen-bond acceptors (Lipinski definition) is 5. The van der Waals surface area contributed by atoms with E-state index in [9.17, 15) is 14.4 Å². The first-order valence-electron chi connectivity index (χ1n) is 8.99. The lowest BCUT2D eigenvalue weighted by Crippen LogP contribution is -2.31. The number of fused-ring (bicyclic) bond motifs is 1. The van der Waals surface area contributed by atoms with Crippen LogP contribution < -0.4 is 0 Å². The van der Waals surface area contributed by atoms with Crippen molar-refractivity contribution in [1.29, 1.82) is 0 Å². The standard InChI is InChI=1S/C22H21NO5/c1-27-13-6-12-23-20(24)18-11-10-17(15-19(18)21(23)25)22(26)28-14-5-9-16-7-3-2-4-8-16/h2-5,7-11,15H,6,12-14H2,1H3/b9-5+. The quantitative estimate of drug-likeness (QED) is 0.400. The summed E-state index contributed by atoms with van der Waals surface area (Å²) in [6.45, 7) is 0.854. The fourth-order valence-electron chi connectivity index (χ4n) is 2.94. The lowest BCUT2D eigenvalue weighted by atomic mass is 10.1. The van der Waals surface area contributed by atoms with Crippen molar-refractivity contribution in [3.8, 4) is 0 Å². The van der Waals surface area contributed by atoms with Gasteiger partial charge in [0.1, 0.15) is 6.61 Å². The fourth-order valence-corrected chi connectivity index (χ4v) is 2.94. The zero-order valence-corrected chi connectivity index (χ0v) is 15.6. The topological polar surface area (TPSA) is 72.9 Å². The summed E-state index contributed by atoms with van der Waals surface area (Å²) in [5.74, 6) is -1.28. The summed E-state index contributed by atoms with van der Waals surface area (Å²) in [4.78, 5) is 38.3. The highest BCUT2D eigenvalue weighted by Gasteiger charge is 2.35. The molecule has 2 amide bonds. The van der Waals surface area contributed by atoms with E-state index in [-0.39, 0.29) is 30.2 Å². The summed E-state index contributed by atoms with van der Waals surface area (Å²) >= 11 is 0. The molecule has 0 unspecified atom stereocenters. The van der Waals surface area contributed by atoms with E-state index in [0.717, 1.165) is 5.56 Å². The van der Waals surface area contributed by atoms with Crippen molar-refractivity contribution in [3.05, 3.63) is 76.9 Å². The molecule has 3 rings (SSSR count). The normalized spacial score (nSPS) is 13.2. The van der Waals surface area contributed by atoms with Crippen molar-refractivity contribution in [2.24, 2.45) is 0 Å². The predicted octanol–water partition coefficient (Wildman–Crippen LogP) is 3.19. The third kappa shape index (κ3) is 4.35. The maximum absolute atomic E-state index is 12.5. The van der Waals surface area contributed by atoms with Crippen molar-refractivity contribution in [3.63, 3.8) is 0 Å². The smallest absolute Gasteiger partial charge is 0.338 e. The molecule has 6 heteroatoms. The van der Waals surface area contributed by atoms with E-state index in [1.54, 1.807) is 13.2 Å². The molecule has 0 spiro atoms. The molecule has 0 saturated carbocycles. The molecule has 2 aromatic carbocycles. The molecule has 0 aliphatic carbocycles. The molecule has 2 aromatic rings. The number of imide groups is 1. The van der Waals surface area contributed by atoms with Crippen molar-refractivity contribution in [2.45, 2.75) is 6.42 Å². The zero-order chi connectivity index (χ0) is 19.9. The Labute approximate surface area is 163 Å². The second-order valence-corrected chi connectivity index (χ2v) is 6.28. The average molecular weight is 379 g/mol. The van der Waals surface area contributed by atoms with E-state index in [1.165, 1.54) is 23.1 Å². The molecule has 28 heavy (non-hydrogen) atoms. The third-order valence-electron chi connectivity index (χ3n) is 4.36. The Morgan fingerprint density at radius 1 is 1.04 bits per heavy atom. The van der Waals surface area contributed by atoms with Gasteiger partial charge in [0.15, 0.2) is 0 Å². The third-order valence-corrected chi connectivity index (χ3v) is 4.36. The Bertz CT molecular complexity index is 904. The second kappa shape index (κ2) is 9.10. The highest BCUT2D eigenvalue weighted by Crippen LogP contribution is 2.24. The predicted molar refractivity (Wildman–Crippen MR) is 104 cm³/mol. The molecule has 0 bridgehead atoms. The monoisotopic (exact) mass is 379 g/mol. The molecule has 0 N–H and O–H groups in total. The Morgan fingerprint density at radius 2 is 1.79 bits per heavy atom. The molecule has 0 fully saturated rings. The Hall–Kier alpha value is -3.25. The molecule has 1 aliphatic heterocycles. The first kappa shape index (κ1) is 19.5. The van der Waals surface area contributed by atoms with Crippen LogP contribution in [0.1, 0.15) is 43.1 Å². The highest BCUT2D eigenvalue weighted by atomic mass is 16.5. The number of ether oxygens (including phenoxy) is 2. The van der Waals surface area contributed by atoms with E-state index in [1.807, 2.05) is 36.4 Å². The van der Waals surface area contributed by atoms with Gasteiger partial charge in [-0.15, -0.1) is 0 Å². The van der Waals surface area contributed by atoms with Crippen LogP contribution in [-0.4, -0.2) is 49.6 Å². The first-order valence-corrected chi connectivity index (χ1v) is 8.99. The van der Waals surface area contributed by atoms with Crippen LogP contribution in [0.5, 0.6) is 0 Å². The molecule has 0 radical (unpaired) electrons. The van der Waals surface area contributed by atoms with Crippen LogP contribution in [0.3, 0.4) is 0 Å². The second-order valence-electron chi connectivity index (χ2n) is 6.28. The molecule has 6 nitrogen and oxygen atoms in total. The number of carbonyl (C=O) groups excluding carboxylic acids is 3. The van der Waals surface area contributed by atoms with Crippen LogP contribution in [0.15, 0.2) is 54.6 Å². The molecular formula is C22H21NO5. The van der Waals surface area contributed by atoms with Crippen molar-refractivity contribution >= 4 is 23.9 Å². The molecule has 1 heterocycles. The zero-order valence-electron chi connectivity index (χ0n) is 15.6. The van der Waals surface area contributed by atoms with E-state index >= 15 is 0 Å². The van der Waals surface area contributed by atoms with Crippen LogP contribution in [0.2, 0.25) is 0 Å². The lowest BCUT2D eigenvalue weighted by Gasteiger charge is -2.12. The number of benzene rings is 2. The number of rotatable bonds is 8. The number of esters is 1. The lowest BCUT2D eigenvalue weighted by molar-refractivity contribution is 0.0549. The van der Waals surface area contributed by atoms with E-state index < -0.39 is 11.9 Å². The van der Waals surface area contributed by atoms with Gasteiger partial charge in [0.2, 0.25) is 0 Å². The number of methoxy groups -OCH3 is 1. The minimum absolute atomic E-state index is 0.112. The highest BCUT2D eigenvalue weighted by molar-refractivity contribution is 6.21. The van der Waals surface area contributed by atoms with Crippen molar-refractivity contribution < 1.29 is 23.9 Å². The van der Waals surface area contributed by atoms with E-state index in [0.29, 0.717) is 18.6 Å². The van der Waals surface area contributed by atoms with Crippen LogP contribution in [0.25, 0.3) is 6.08 Å². The van der Waals surface area contributed by atoms with Gasteiger partial charge in [0, 0.05) is 20.3 Å². The number of amides is 2. The van der Waals surface area contributed by atoms with Crippen molar-refractivity contribution in [2.75, 3.05) is 26.9 Å². The molecule has 1 aliphatic rings. The van der Waals surface area contributed by atoms with Gasteiger partial charge in [-0.2, -0.15) is 0 Å². The number of hydrogen-bond donors (Lipinski definition) is 0. The van der Waals surface area contributed by atoms with Gasteiger partial charge in [-0.25, -0.2) is 4.79 Å². The van der Waals surface area contributed by atoms with Gasteiger partial charge in [-0.1, -0.05) is 36.4 Å². The SMILES string of the molecule is COCCCN1C(=O)c2ccc(C(=O)OC/C=C/c3ccccc3)cc2C1=O. The van der Waals surface area contributed by atoms with Crippen molar-refractivity contribution in [1.82, 2.24) is 4.90 Å². The van der Waals surface area contributed by atoms with E-state index in [4.69, 9.17) is 9.47 Å².